The van der Waals surface area contributed by atoms with Crippen molar-refractivity contribution < 1.29 is 0 Å². The zero-order valence-corrected chi connectivity index (χ0v) is 18.0. The highest BCUT2D eigenvalue weighted by atomic mass is 35.5. The van der Waals surface area contributed by atoms with Crippen LogP contribution in [0.15, 0.2) is 24.3 Å². The van der Waals surface area contributed by atoms with Gasteiger partial charge in [-0.3, -0.25) is 10.9 Å². The molecule has 31 heavy (non-hydrogen) atoms. The first kappa shape index (κ1) is 21.8. The average molecular weight is 448 g/mol. The van der Waals surface area contributed by atoms with Crippen molar-refractivity contribution in [1.82, 2.24) is 15.0 Å². The van der Waals surface area contributed by atoms with Gasteiger partial charge < -0.3 is 32.7 Å². The molecule has 0 spiro atoms. The van der Waals surface area contributed by atoms with Gasteiger partial charge >= 0.3 is 0 Å². The van der Waals surface area contributed by atoms with Gasteiger partial charge in [-0.2, -0.15) is 15.0 Å². The minimum Gasteiger partial charge on any atom is -0.338 e. The number of hydrogen-bond donors (Lipinski definition) is 6. The van der Waals surface area contributed by atoms with Crippen LogP contribution in [-0.4, -0.2) is 65.3 Å². The molecule has 2 saturated heterocycles. The zero-order chi connectivity index (χ0) is 22.0. The molecule has 12 heteroatoms. The van der Waals surface area contributed by atoms with Crippen molar-refractivity contribution in [2.75, 3.05) is 46.8 Å². The molecule has 0 amide bonds. The van der Waals surface area contributed by atoms with E-state index in [9.17, 15) is 0 Å². The monoisotopic (exact) mass is 447 g/mol. The first-order valence-corrected chi connectivity index (χ1v) is 10.8. The fourth-order valence-corrected chi connectivity index (χ4v) is 4.26. The summed E-state index contributed by atoms with van der Waals surface area (Å²) in [5.74, 6) is 1.39. The van der Waals surface area contributed by atoms with E-state index in [1.807, 2.05) is 21.9 Å². The Labute approximate surface area is 186 Å². The van der Waals surface area contributed by atoms with Crippen LogP contribution >= 0.6 is 11.6 Å². The van der Waals surface area contributed by atoms with Gasteiger partial charge in [-0.15, -0.1) is 0 Å². The molecule has 0 aliphatic carbocycles. The Kier molecular flexibility index (Phi) is 6.58. The molecular formula is C19H30ClN11. The van der Waals surface area contributed by atoms with Crippen molar-refractivity contribution in [3.8, 4) is 0 Å². The van der Waals surface area contributed by atoms with Gasteiger partial charge in [-0.1, -0.05) is 17.7 Å². The first-order valence-electron chi connectivity index (χ1n) is 10.4. The summed E-state index contributed by atoms with van der Waals surface area (Å²) < 4.78 is 0. The maximum absolute atomic E-state index is 6.18. The molecule has 2 fully saturated rings. The summed E-state index contributed by atoms with van der Waals surface area (Å²) in [6.07, 6.45) is 1.54. The molecule has 1 aromatic heterocycles. The standard InChI is InChI=1S/C19H30ClN11/c20-11-2-1-3-16(4-11)28-29-17-25-18(30-7-12(21)5-13(22)8-30)27-19(26-17)31-9-14(23)6-15(24)10-31/h1-4,12-15,28H,5-10,21-24H2,(H,25,26,27,29)/t12-,13+,14-,15+. The number of benzene rings is 1. The second-order valence-corrected chi connectivity index (χ2v) is 8.78. The number of aromatic nitrogens is 3. The molecule has 2 aromatic rings. The van der Waals surface area contributed by atoms with Gasteiger partial charge in [0.1, 0.15) is 0 Å². The predicted octanol–water partition coefficient (Wildman–Crippen LogP) is -0.307. The number of halogens is 1. The molecular weight excluding hydrogens is 418 g/mol. The van der Waals surface area contributed by atoms with Crippen LogP contribution in [0.4, 0.5) is 23.5 Å². The van der Waals surface area contributed by atoms with Gasteiger partial charge in [0, 0.05) is 55.4 Å². The van der Waals surface area contributed by atoms with Crippen LogP contribution in [0.2, 0.25) is 5.02 Å². The van der Waals surface area contributed by atoms with Crippen LogP contribution in [0.1, 0.15) is 12.8 Å². The third-order valence-corrected chi connectivity index (χ3v) is 5.59. The minimum atomic E-state index is -0.0400. The van der Waals surface area contributed by atoms with Crippen LogP contribution < -0.4 is 43.6 Å². The first-order chi connectivity index (χ1) is 14.9. The van der Waals surface area contributed by atoms with E-state index in [1.54, 1.807) is 12.1 Å². The smallest absolute Gasteiger partial charge is 0.248 e. The number of hydrazine groups is 1. The third-order valence-electron chi connectivity index (χ3n) is 5.35. The summed E-state index contributed by atoms with van der Waals surface area (Å²) in [6.45, 7) is 2.49. The van der Waals surface area contributed by atoms with E-state index in [2.05, 4.69) is 20.8 Å². The van der Waals surface area contributed by atoms with Crippen LogP contribution in [0.25, 0.3) is 0 Å². The number of rotatable bonds is 5. The molecule has 1 aromatic carbocycles. The lowest BCUT2D eigenvalue weighted by Gasteiger charge is -2.37. The van der Waals surface area contributed by atoms with Crippen LogP contribution in [0.5, 0.6) is 0 Å². The summed E-state index contributed by atoms with van der Waals surface area (Å²) in [4.78, 5) is 17.9. The molecule has 2 aliphatic rings. The lowest BCUT2D eigenvalue weighted by atomic mass is 10.0. The number of nitrogens with zero attached hydrogens (tertiary/aromatic N) is 5. The second kappa shape index (κ2) is 9.37. The maximum Gasteiger partial charge on any atom is 0.248 e. The number of hydrogen-bond acceptors (Lipinski definition) is 11. The van der Waals surface area contributed by atoms with Gasteiger partial charge in [-0.25, -0.2) is 0 Å². The summed E-state index contributed by atoms with van der Waals surface area (Å²) in [5, 5.41) is 0.622. The molecule has 4 atom stereocenters. The van der Waals surface area contributed by atoms with Crippen molar-refractivity contribution in [2.45, 2.75) is 37.0 Å². The van der Waals surface area contributed by atoms with Gasteiger partial charge in [0.15, 0.2) is 0 Å². The third kappa shape index (κ3) is 5.63. The molecule has 10 N–H and O–H groups in total. The SMILES string of the molecule is N[C@@H]1C[C@H](N)CN(c2nc(NNc3cccc(Cl)c3)nc(N3C[C@H](N)C[C@H](N)C3)n2)C1. The van der Waals surface area contributed by atoms with Crippen LogP contribution in [-0.2, 0) is 0 Å². The average Bonchev–Trinajstić information content (AvgIpc) is 2.71. The minimum absolute atomic E-state index is 0.0400. The number of nitrogens with one attached hydrogen (secondary N) is 2. The van der Waals surface area contributed by atoms with E-state index < -0.39 is 0 Å². The van der Waals surface area contributed by atoms with E-state index in [-0.39, 0.29) is 24.2 Å². The summed E-state index contributed by atoms with van der Waals surface area (Å²) in [6, 6.07) is 7.17. The van der Waals surface area contributed by atoms with E-state index in [4.69, 9.17) is 39.5 Å². The topological polar surface area (TPSA) is 173 Å². The van der Waals surface area contributed by atoms with E-state index in [0.29, 0.717) is 49.0 Å². The fourth-order valence-electron chi connectivity index (χ4n) is 4.07. The van der Waals surface area contributed by atoms with Crippen molar-refractivity contribution in [3.05, 3.63) is 29.3 Å². The largest absolute Gasteiger partial charge is 0.338 e. The lowest BCUT2D eigenvalue weighted by molar-refractivity contribution is 0.441. The van der Waals surface area contributed by atoms with E-state index in [1.165, 1.54) is 0 Å². The van der Waals surface area contributed by atoms with Gasteiger partial charge in [0.05, 0.1) is 5.69 Å². The van der Waals surface area contributed by atoms with Gasteiger partial charge in [0.2, 0.25) is 17.8 Å². The van der Waals surface area contributed by atoms with E-state index >= 15 is 0 Å². The van der Waals surface area contributed by atoms with Gasteiger partial charge in [0.25, 0.3) is 0 Å². The molecule has 3 heterocycles. The van der Waals surface area contributed by atoms with Crippen molar-refractivity contribution in [1.29, 1.82) is 0 Å². The summed E-state index contributed by atoms with van der Waals surface area (Å²) in [7, 11) is 0. The quantitative estimate of drug-likeness (QED) is 0.332. The van der Waals surface area contributed by atoms with Crippen molar-refractivity contribution in [3.63, 3.8) is 0 Å². The molecule has 168 valence electrons. The summed E-state index contributed by atoms with van der Waals surface area (Å²) >= 11 is 6.07. The molecule has 4 rings (SSSR count). The normalized spacial score (nSPS) is 26.6. The molecule has 0 bridgehead atoms. The summed E-state index contributed by atoms with van der Waals surface area (Å²) in [5.41, 5.74) is 31.6. The second-order valence-electron chi connectivity index (χ2n) is 8.34. The Balaban J connectivity index is 1.61. The Morgan fingerprint density at radius 1 is 0.774 bits per heavy atom. The Bertz CT molecular complexity index is 833. The van der Waals surface area contributed by atoms with Crippen molar-refractivity contribution >= 4 is 35.1 Å². The van der Waals surface area contributed by atoms with Crippen molar-refractivity contribution in [2.24, 2.45) is 22.9 Å². The zero-order valence-electron chi connectivity index (χ0n) is 17.3. The Morgan fingerprint density at radius 2 is 1.29 bits per heavy atom. The lowest BCUT2D eigenvalue weighted by Crippen LogP contribution is -2.54. The van der Waals surface area contributed by atoms with Crippen LogP contribution in [0.3, 0.4) is 0 Å². The number of anilines is 4. The Morgan fingerprint density at radius 3 is 1.77 bits per heavy atom. The molecule has 2 aliphatic heterocycles. The number of piperidine rings is 2. The highest BCUT2D eigenvalue weighted by molar-refractivity contribution is 6.30. The van der Waals surface area contributed by atoms with Crippen LogP contribution in [0, 0.1) is 0 Å². The molecule has 11 nitrogen and oxygen atoms in total. The Hall–Kier alpha value is -2.44. The molecule has 0 radical (unpaired) electrons. The number of nitrogens with two attached hydrogens (primary N) is 4. The highest BCUT2D eigenvalue weighted by Gasteiger charge is 2.28. The fraction of sp³-hybridized carbons (Fsp3) is 0.526. The molecule has 0 saturated carbocycles. The van der Waals surface area contributed by atoms with Gasteiger partial charge in [-0.05, 0) is 31.0 Å². The predicted molar refractivity (Wildman–Crippen MR) is 124 cm³/mol. The highest BCUT2D eigenvalue weighted by Crippen LogP contribution is 2.22. The maximum atomic E-state index is 6.18. The molecule has 0 unspecified atom stereocenters. The van der Waals surface area contributed by atoms with E-state index in [0.717, 1.165) is 18.5 Å².